The number of nitrogens with zero attached hydrogens (tertiary/aromatic N) is 1. The van der Waals surface area contributed by atoms with Gasteiger partial charge in [-0.25, -0.2) is 4.79 Å². The molecule has 19 heavy (non-hydrogen) atoms. The Morgan fingerprint density at radius 3 is 2.68 bits per heavy atom. The summed E-state index contributed by atoms with van der Waals surface area (Å²) in [6.45, 7) is 3.81. The fraction of sp³-hybridized carbons (Fsp3) is 0.286. The van der Waals surface area contributed by atoms with Crippen LogP contribution in [-0.2, 0) is 13.0 Å². The lowest BCUT2D eigenvalue weighted by molar-refractivity contribution is 0.395. The van der Waals surface area contributed by atoms with E-state index in [0.29, 0.717) is 13.0 Å². The summed E-state index contributed by atoms with van der Waals surface area (Å²) in [7, 11) is 0. The highest BCUT2D eigenvalue weighted by atomic mass is 16.3. The van der Waals surface area contributed by atoms with E-state index < -0.39 is 11.2 Å². The zero-order valence-electron chi connectivity index (χ0n) is 10.9. The van der Waals surface area contributed by atoms with Crippen molar-refractivity contribution in [3.05, 3.63) is 61.8 Å². The summed E-state index contributed by atoms with van der Waals surface area (Å²) in [6, 6.07) is 7.94. The SMILES string of the molecule is Cc1cccc(CCn2c(O)c(C)c(=O)[nH]c2=O)c1. The van der Waals surface area contributed by atoms with E-state index in [1.165, 1.54) is 11.5 Å². The number of aryl methyl sites for hydroxylation is 2. The molecule has 2 aromatic rings. The minimum Gasteiger partial charge on any atom is -0.494 e. The van der Waals surface area contributed by atoms with Crippen molar-refractivity contribution in [2.45, 2.75) is 26.8 Å². The maximum atomic E-state index is 11.6. The van der Waals surface area contributed by atoms with E-state index in [1.807, 2.05) is 31.2 Å². The largest absolute Gasteiger partial charge is 0.494 e. The molecule has 5 nitrogen and oxygen atoms in total. The monoisotopic (exact) mass is 260 g/mol. The fourth-order valence-electron chi connectivity index (χ4n) is 1.97. The third kappa shape index (κ3) is 2.76. The van der Waals surface area contributed by atoms with Crippen LogP contribution >= 0.6 is 0 Å². The van der Waals surface area contributed by atoms with Gasteiger partial charge in [0.15, 0.2) is 0 Å². The first-order valence-corrected chi connectivity index (χ1v) is 6.07. The van der Waals surface area contributed by atoms with E-state index in [2.05, 4.69) is 4.98 Å². The van der Waals surface area contributed by atoms with Gasteiger partial charge in [-0.1, -0.05) is 29.8 Å². The van der Waals surface area contributed by atoms with Crippen LogP contribution in [0.3, 0.4) is 0 Å². The molecule has 0 saturated heterocycles. The number of nitrogens with one attached hydrogen (secondary N) is 1. The molecule has 1 aromatic carbocycles. The average Bonchev–Trinajstić information content (AvgIpc) is 2.36. The molecule has 0 aliphatic heterocycles. The van der Waals surface area contributed by atoms with Gasteiger partial charge in [0.2, 0.25) is 5.88 Å². The molecule has 0 radical (unpaired) electrons. The van der Waals surface area contributed by atoms with Crippen LogP contribution in [0.25, 0.3) is 0 Å². The van der Waals surface area contributed by atoms with Crippen LogP contribution in [0.4, 0.5) is 0 Å². The van der Waals surface area contributed by atoms with Crippen molar-refractivity contribution in [1.29, 1.82) is 0 Å². The number of aromatic hydroxyl groups is 1. The van der Waals surface area contributed by atoms with Crippen LogP contribution in [0.2, 0.25) is 0 Å². The van der Waals surface area contributed by atoms with E-state index >= 15 is 0 Å². The van der Waals surface area contributed by atoms with Gasteiger partial charge in [0.25, 0.3) is 5.56 Å². The van der Waals surface area contributed by atoms with Gasteiger partial charge in [0.05, 0.1) is 5.56 Å². The fourth-order valence-corrected chi connectivity index (χ4v) is 1.97. The summed E-state index contributed by atoms with van der Waals surface area (Å²) in [4.78, 5) is 25.1. The lowest BCUT2D eigenvalue weighted by Crippen LogP contribution is -2.31. The van der Waals surface area contributed by atoms with E-state index in [9.17, 15) is 14.7 Å². The van der Waals surface area contributed by atoms with Gasteiger partial charge < -0.3 is 5.11 Å². The molecule has 100 valence electrons. The van der Waals surface area contributed by atoms with Gasteiger partial charge in [-0.2, -0.15) is 0 Å². The molecule has 0 unspecified atom stereocenters. The number of hydrogen-bond acceptors (Lipinski definition) is 3. The molecule has 0 amide bonds. The second-order valence-corrected chi connectivity index (χ2v) is 4.60. The zero-order valence-corrected chi connectivity index (χ0v) is 10.9. The summed E-state index contributed by atoms with van der Waals surface area (Å²) in [5.74, 6) is -0.263. The standard InChI is InChI=1S/C14H16N2O3/c1-9-4-3-5-11(8-9)6-7-16-13(18)10(2)12(17)15-14(16)19/h3-5,8,18H,6-7H2,1-2H3,(H,15,17,19). The highest BCUT2D eigenvalue weighted by Gasteiger charge is 2.09. The molecule has 0 aliphatic rings. The highest BCUT2D eigenvalue weighted by Crippen LogP contribution is 2.10. The first-order chi connectivity index (χ1) is 8.99. The predicted molar refractivity (Wildman–Crippen MR) is 72.6 cm³/mol. The Bertz CT molecular complexity index is 713. The topological polar surface area (TPSA) is 75.1 Å². The molecule has 0 aliphatic carbocycles. The number of benzene rings is 1. The third-order valence-corrected chi connectivity index (χ3v) is 3.10. The van der Waals surface area contributed by atoms with Crippen molar-refractivity contribution >= 4 is 0 Å². The summed E-state index contributed by atoms with van der Waals surface area (Å²) >= 11 is 0. The van der Waals surface area contributed by atoms with Crippen molar-refractivity contribution in [1.82, 2.24) is 9.55 Å². The number of rotatable bonds is 3. The highest BCUT2D eigenvalue weighted by molar-refractivity contribution is 5.23. The van der Waals surface area contributed by atoms with Gasteiger partial charge >= 0.3 is 5.69 Å². The summed E-state index contributed by atoms with van der Waals surface area (Å²) in [5, 5.41) is 9.83. The van der Waals surface area contributed by atoms with Crippen molar-refractivity contribution in [3.63, 3.8) is 0 Å². The van der Waals surface area contributed by atoms with Gasteiger partial charge in [-0.05, 0) is 25.8 Å². The molecule has 2 rings (SSSR count). The van der Waals surface area contributed by atoms with Crippen LogP contribution in [0.15, 0.2) is 33.9 Å². The quantitative estimate of drug-likeness (QED) is 0.867. The van der Waals surface area contributed by atoms with E-state index in [-0.39, 0.29) is 11.4 Å². The molecule has 1 aromatic heterocycles. The molecule has 0 atom stereocenters. The maximum absolute atomic E-state index is 11.6. The number of aromatic amines is 1. The number of H-pyrrole nitrogens is 1. The molecular weight excluding hydrogens is 244 g/mol. The molecule has 0 fully saturated rings. The second-order valence-electron chi connectivity index (χ2n) is 4.60. The third-order valence-electron chi connectivity index (χ3n) is 3.10. The van der Waals surface area contributed by atoms with Gasteiger partial charge in [-0.15, -0.1) is 0 Å². The van der Waals surface area contributed by atoms with Crippen LogP contribution in [0, 0.1) is 13.8 Å². The maximum Gasteiger partial charge on any atom is 0.331 e. The molecule has 5 heteroatoms. The molecule has 2 N–H and O–H groups in total. The normalized spacial score (nSPS) is 10.6. The van der Waals surface area contributed by atoms with Crippen LogP contribution in [0.1, 0.15) is 16.7 Å². The Balaban J connectivity index is 2.28. The van der Waals surface area contributed by atoms with Gasteiger partial charge in [-0.3, -0.25) is 14.3 Å². The number of hydrogen-bond donors (Lipinski definition) is 2. The Morgan fingerprint density at radius 1 is 1.26 bits per heavy atom. The van der Waals surface area contributed by atoms with E-state index in [1.54, 1.807) is 0 Å². The lowest BCUT2D eigenvalue weighted by atomic mass is 10.1. The van der Waals surface area contributed by atoms with Crippen molar-refractivity contribution in [2.75, 3.05) is 0 Å². The number of aromatic nitrogens is 2. The average molecular weight is 260 g/mol. The first kappa shape index (κ1) is 13.1. The summed E-state index contributed by atoms with van der Waals surface area (Å²) < 4.78 is 1.18. The van der Waals surface area contributed by atoms with Crippen molar-refractivity contribution in [3.8, 4) is 5.88 Å². The Hall–Kier alpha value is -2.30. The van der Waals surface area contributed by atoms with Crippen LogP contribution in [0.5, 0.6) is 5.88 Å². The zero-order chi connectivity index (χ0) is 14.0. The van der Waals surface area contributed by atoms with Gasteiger partial charge in [0.1, 0.15) is 0 Å². The predicted octanol–water partition coefficient (Wildman–Crippen LogP) is 1.10. The van der Waals surface area contributed by atoms with Gasteiger partial charge in [0, 0.05) is 6.54 Å². The van der Waals surface area contributed by atoms with Crippen molar-refractivity contribution < 1.29 is 5.11 Å². The van der Waals surface area contributed by atoms with E-state index in [4.69, 9.17) is 0 Å². The molecule has 1 heterocycles. The summed E-state index contributed by atoms with van der Waals surface area (Å²) in [5.41, 5.74) is 1.25. The smallest absolute Gasteiger partial charge is 0.331 e. The summed E-state index contributed by atoms with van der Waals surface area (Å²) in [6.07, 6.45) is 0.612. The minimum atomic E-state index is -0.583. The molecule has 0 saturated carbocycles. The van der Waals surface area contributed by atoms with Crippen molar-refractivity contribution in [2.24, 2.45) is 0 Å². The molecular formula is C14H16N2O3. The Kier molecular flexibility index (Phi) is 3.55. The Labute approximate surface area is 110 Å². The van der Waals surface area contributed by atoms with Crippen LogP contribution < -0.4 is 11.2 Å². The minimum absolute atomic E-state index is 0.156. The Morgan fingerprint density at radius 2 is 2.00 bits per heavy atom. The molecule has 0 bridgehead atoms. The second kappa shape index (κ2) is 5.14. The first-order valence-electron chi connectivity index (χ1n) is 6.07. The van der Waals surface area contributed by atoms with Crippen LogP contribution in [-0.4, -0.2) is 14.7 Å². The lowest BCUT2D eigenvalue weighted by Gasteiger charge is -2.09. The molecule has 0 spiro atoms. The van der Waals surface area contributed by atoms with E-state index in [0.717, 1.165) is 11.1 Å².